The van der Waals surface area contributed by atoms with E-state index >= 15 is 0 Å². The van der Waals surface area contributed by atoms with Crippen LogP contribution in [0.1, 0.15) is 5.56 Å². The molecule has 11 heteroatoms. The van der Waals surface area contributed by atoms with Crippen molar-refractivity contribution in [2.24, 2.45) is 0 Å². The summed E-state index contributed by atoms with van der Waals surface area (Å²) in [5, 5.41) is 10.9. The predicted octanol–water partition coefficient (Wildman–Crippen LogP) is 3.10. The Balaban J connectivity index is 2.75. The Morgan fingerprint density at radius 3 is 2.29 bits per heavy atom. The van der Waals surface area contributed by atoms with Crippen molar-refractivity contribution >= 4 is 23.3 Å². The van der Waals surface area contributed by atoms with Gasteiger partial charge in [0, 0.05) is 18.0 Å². The van der Waals surface area contributed by atoms with Crippen molar-refractivity contribution in [3.05, 3.63) is 69.6 Å². The van der Waals surface area contributed by atoms with Crippen LogP contribution in [-0.2, 0) is 25.2 Å². The van der Waals surface area contributed by atoms with Gasteiger partial charge in [0.15, 0.2) is 0 Å². The highest BCUT2D eigenvalue weighted by molar-refractivity contribution is 6.05. The molecule has 0 unspecified atom stereocenters. The molecule has 1 heterocycles. The lowest BCUT2D eigenvalue weighted by Crippen LogP contribution is -2.27. The average molecular weight is 398 g/mol. The molecule has 0 spiro atoms. The van der Waals surface area contributed by atoms with Gasteiger partial charge >= 0.3 is 18.1 Å². The minimum Gasteiger partial charge on any atom is -0.465 e. The maximum atomic E-state index is 13.3. The number of carbonyl (C=O) groups is 2. The largest absolute Gasteiger partial charge is 0.465 e. The van der Waals surface area contributed by atoms with Crippen molar-refractivity contribution in [1.29, 1.82) is 0 Å². The quantitative estimate of drug-likeness (QED) is 0.437. The lowest BCUT2D eigenvalue weighted by atomic mass is 10.1. The molecule has 0 atom stereocenters. The second-order valence-corrected chi connectivity index (χ2v) is 5.27. The lowest BCUT2D eigenvalue weighted by Gasteiger charge is -2.23. The molecule has 0 radical (unpaired) electrons. The van der Waals surface area contributed by atoms with Crippen molar-refractivity contribution in [1.82, 2.24) is 0 Å². The van der Waals surface area contributed by atoms with E-state index in [0.717, 1.165) is 25.2 Å². The molecule has 0 N–H and O–H groups in total. The third kappa shape index (κ3) is 4.03. The molecule has 1 aliphatic rings. The SMILES string of the molecule is COC(=O)C1=C(C(=O)OC)N(c2ccc([N+](=O)[O-])c(C(F)(F)F)c2)C=CC=C1. The van der Waals surface area contributed by atoms with Crippen LogP contribution in [0.2, 0.25) is 0 Å². The summed E-state index contributed by atoms with van der Waals surface area (Å²) in [6.07, 6.45) is 0.135. The zero-order valence-corrected chi connectivity index (χ0v) is 14.5. The van der Waals surface area contributed by atoms with Gasteiger partial charge < -0.3 is 14.4 Å². The molecule has 1 aromatic rings. The minimum atomic E-state index is -5.02. The van der Waals surface area contributed by atoms with Gasteiger partial charge in [-0.05, 0) is 24.3 Å². The Labute approximate surface area is 156 Å². The molecule has 0 amide bonds. The number of alkyl halides is 3. The van der Waals surface area contributed by atoms with Gasteiger partial charge in [0.05, 0.1) is 24.7 Å². The first kappa shape index (κ1) is 20.7. The number of allylic oxidation sites excluding steroid dienone is 2. The number of methoxy groups -OCH3 is 2. The highest BCUT2D eigenvalue weighted by Gasteiger charge is 2.39. The second kappa shape index (κ2) is 7.94. The van der Waals surface area contributed by atoms with Crippen molar-refractivity contribution in [2.45, 2.75) is 6.18 Å². The zero-order chi connectivity index (χ0) is 21.1. The Bertz CT molecular complexity index is 918. The number of nitrogens with zero attached hydrogens (tertiary/aromatic N) is 2. The number of esters is 2. The summed E-state index contributed by atoms with van der Waals surface area (Å²) in [7, 11) is 2.09. The summed E-state index contributed by atoms with van der Waals surface area (Å²) in [5.74, 6) is -1.95. The molecule has 28 heavy (non-hydrogen) atoms. The van der Waals surface area contributed by atoms with Crippen LogP contribution < -0.4 is 4.90 Å². The molecule has 0 aliphatic carbocycles. The van der Waals surface area contributed by atoms with E-state index in [1.807, 2.05) is 0 Å². The standard InChI is InChI=1S/C17H13F3N2O6/c1-27-15(23)11-5-3-4-8-21(14(11)16(24)28-2)10-6-7-13(22(25)26)12(9-10)17(18,19)20/h3-9H,1-2H3. The van der Waals surface area contributed by atoms with Gasteiger partial charge in [0.25, 0.3) is 5.69 Å². The first-order valence-corrected chi connectivity index (χ1v) is 7.52. The molecule has 8 nitrogen and oxygen atoms in total. The van der Waals surface area contributed by atoms with Gasteiger partial charge in [-0.15, -0.1) is 0 Å². The number of nitro groups is 1. The van der Waals surface area contributed by atoms with E-state index in [-0.39, 0.29) is 11.3 Å². The van der Waals surface area contributed by atoms with Gasteiger partial charge in [0.2, 0.25) is 0 Å². The number of hydrogen-bond acceptors (Lipinski definition) is 7. The third-order valence-electron chi connectivity index (χ3n) is 3.65. The molecular formula is C17H13F3N2O6. The van der Waals surface area contributed by atoms with Crippen LogP contribution in [0.3, 0.4) is 0 Å². The smallest absolute Gasteiger partial charge is 0.423 e. The topological polar surface area (TPSA) is 99.0 Å². The Kier molecular flexibility index (Phi) is 5.87. The fourth-order valence-electron chi connectivity index (χ4n) is 2.43. The summed E-state index contributed by atoms with van der Waals surface area (Å²) < 4.78 is 49.1. The molecule has 1 aromatic carbocycles. The Hall–Kier alpha value is -3.63. The van der Waals surface area contributed by atoms with E-state index in [9.17, 15) is 32.9 Å². The van der Waals surface area contributed by atoms with E-state index in [2.05, 4.69) is 9.47 Å². The van der Waals surface area contributed by atoms with Crippen molar-refractivity contribution in [2.75, 3.05) is 19.1 Å². The fourth-order valence-corrected chi connectivity index (χ4v) is 2.43. The van der Waals surface area contributed by atoms with Crippen LogP contribution in [0.25, 0.3) is 0 Å². The number of anilines is 1. The molecule has 148 valence electrons. The number of rotatable bonds is 4. The fraction of sp³-hybridized carbons (Fsp3) is 0.176. The summed E-state index contributed by atoms with van der Waals surface area (Å²) in [4.78, 5) is 35.0. The third-order valence-corrected chi connectivity index (χ3v) is 3.65. The number of nitro benzene ring substituents is 1. The van der Waals surface area contributed by atoms with Crippen molar-refractivity contribution in [3.63, 3.8) is 0 Å². The Morgan fingerprint density at radius 2 is 1.75 bits per heavy atom. The van der Waals surface area contributed by atoms with Crippen LogP contribution in [0.4, 0.5) is 24.5 Å². The average Bonchev–Trinajstić information content (AvgIpc) is 2.88. The van der Waals surface area contributed by atoms with Gasteiger partial charge in [-0.2, -0.15) is 13.2 Å². The van der Waals surface area contributed by atoms with Crippen LogP contribution >= 0.6 is 0 Å². The molecule has 2 rings (SSSR count). The molecule has 1 aliphatic heterocycles. The number of halogens is 3. The maximum Gasteiger partial charge on any atom is 0.423 e. The van der Waals surface area contributed by atoms with E-state index in [0.29, 0.717) is 12.1 Å². The first-order valence-electron chi connectivity index (χ1n) is 7.52. The Morgan fingerprint density at radius 1 is 1.11 bits per heavy atom. The number of hydrogen-bond donors (Lipinski definition) is 0. The van der Waals surface area contributed by atoms with Crippen LogP contribution in [0, 0.1) is 10.1 Å². The van der Waals surface area contributed by atoms with E-state index < -0.39 is 40.0 Å². The van der Waals surface area contributed by atoms with Gasteiger partial charge in [-0.3, -0.25) is 10.1 Å². The van der Waals surface area contributed by atoms with Crippen molar-refractivity contribution in [3.8, 4) is 0 Å². The normalized spacial score (nSPS) is 14.0. The van der Waals surface area contributed by atoms with E-state index in [1.165, 1.54) is 24.4 Å². The van der Waals surface area contributed by atoms with Crippen LogP contribution in [0.5, 0.6) is 0 Å². The summed E-state index contributed by atoms with van der Waals surface area (Å²) >= 11 is 0. The monoisotopic (exact) mass is 398 g/mol. The summed E-state index contributed by atoms with van der Waals surface area (Å²) in [5.41, 5.74) is -3.60. The van der Waals surface area contributed by atoms with Gasteiger partial charge in [0.1, 0.15) is 11.3 Å². The van der Waals surface area contributed by atoms with E-state index in [1.54, 1.807) is 0 Å². The zero-order valence-electron chi connectivity index (χ0n) is 14.5. The van der Waals surface area contributed by atoms with Gasteiger partial charge in [-0.25, -0.2) is 9.59 Å². The second-order valence-electron chi connectivity index (χ2n) is 5.27. The highest BCUT2D eigenvalue weighted by atomic mass is 19.4. The molecule has 0 aromatic heterocycles. The molecule has 0 saturated heterocycles. The molecule has 0 fully saturated rings. The minimum absolute atomic E-state index is 0.250. The van der Waals surface area contributed by atoms with Crippen LogP contribution in [-0.4, -0.2) is 31.1 Å². The first-order chi connectivity index (χ1) is 13.1. The van der Waals surface area contributed by atoms with E-state index in [4.69, 9.17) is 0 Å². The predicted molar refractivity (Wildman–Crippen MR) is 89.9 cm³/mol. The molecule has 0 saturated carbocycles. The van der Waals surface area contributed by atoms with Gasteiger partial charge in [-0.1, -0.05) is 6.08 Å². The number of carbonyl (C=O) groups excluding carboxylic acids is 2. The van der Waals surface area contributed by atoms with Crippen LogP contribution in [0.15, 0.2) is 53.9 Å². The molecule has 0 bridgehead atoms. The lowest BCUT2D eigenvalue weighted by molar-refractivity contribution is -0.388. The van der Waals surface area contributed by atoms with Crippen molar-refractivity contribution < 1.29 is 37.2 Å². The number of benzene rings is 1. The summed E-state index contributed by atoms with van der Waals surface area (Å²) in [6.45, 7) is 0. The summed E-state index contributed by atoms with van der Waals surface area (Å²) in [6, 6.07) is 2.18. The number of ether oxygens (including phenoxy) is 2. The maximum absolute atomic E-state index is 13.3. The molecular weight excluding hydrogens is 385 g/mol. The highest BCUT2D eigenvalue weighted by Crippen LogP contribution is 2.39.